The summed E-state index contributed by atoms with van der Waals surface area (Å²) in [5.74, 6) is -0.345. The molecule has 0 aliphatic heterocycles. The average molecular weight is 409 g/mol. The molecule has 0 aliphatic rings. The largest absolute Gasteiger partial charge is 0.350 e. The quantitative estimate of drug-likeness (QED) is 0.757. The number of hydrogen-bond donors (Lipinski definition) is 1. The zero-order valence-corrected chi connectivity index (χ0v) is 17.6. The second-order valence-corrected chi connectivity index (χ2v) is 8.83. The van der Waals surface area contributed by atoms with Crippen molar-refractivity contribution in [1.29, 1.82) is 0 Å². The van der Waals surface area contributed by atoms with Crippen molar-refractivity contribution >= 4 is 33.2 Å². The number of nitrogens with one attached hydrogen (secondary N) is 1. The van der Waals surface area contributed by atoms with Gasteiger partial charge in [-0.2, -0.15) is 0 Å². The number of hydrogen-bond acceptors (Lipinski definition) is 3. The van der Waals surface area contributed by atoms with Crippen molar-refractivity contribution in [2.24, 2.45) is 0 Å². The van der Waals surface area contributed by atoms with Gasteiger partial charge in [-0.25, -0.2) is 8.42 Å². The summed E-state index contributed by atoms with van der Waals surface area (Å²) in [4.78, 5) is 12.8. The van der Waals surface area contributed by atoms with E-state index in [4.69, 9.17) is 11.6 Å². The predicted octanol–water partition coefficient (Wildman–Crippen LogP) is 3.82. The molecule has 0 saturated heterocycles. The van der Waals surface area contributed by atoms with Gasteiger partial charge < -0.3 is 5.32 Å². The number of halogens is 1. The Balaban J connectivity index is 2.30. The molecule has 1 amide bonds. The second-order valence-electron chi connectivity index (χ2n) is 6.56. The van der Waals surface area contributed by atoms with Crippen LogP contribution in [0.25, 0.3) is 0 Å². The highest BCUT2D eigenvalue weighted by molar-refractivity contribution is 7.92. The van der Waals surface area contributed by atoms with E-state index in [9.17, 15) is 13.2 Å². The number of rotatable bonds is 7. The molecule has 2 aromatic rings. The lowest BCUT2D eigenvalue weighted by molar-refractivity contribution is -0.122. The maximum atomic E-state index is 12.8. The van der Waals surface area contributed by atoms with E-state index in [-0.39, 0.29) is 5.91 Å². The van der Waals surface area contributed by atoms with Crippen molar-refractivity contribution in [3.05, 3.63) is 64.2 Å². The van der Waals surface area contributed by atoms with Gasteiger partial charge in [0.1, 0.15) is 6.04 Å². The predicted molar refractivity (Wildman–Crippen MR) is 111 cm³/mol. The van der Waals surface area contributed by atoms with E-state index < -0.39 is 16.1 Å². The third-order valence-corrected chi connectivity index (χ3v) is 6.04. The summed E-state index contributed by atoms with van der Waals surface area (Å²) >= 11 is 6.17. The van der Waals surface area contributed by atoms with E-state index in [0.29, 0.717) is 23.7 Å². The van der Waals surface area contributed by atoms with Crippen molar-refractivity contribution in [3.8, 4) is 0 Å². The van der Waals surface area contributed by atoms with Crippen LogP contribution in [0.3, 0.4) is 0 Å². The van der Waals surface area contributed by atoms with Gasteiger partial charge in [0.25, 0.3) is 0 Å². The van der Waals surface area contributed by atoms with Crippen LogP contribution in [0.2, 0.25) is 5.02 Å². The molecule has 0 bridgehead atoms. The molecule has 2 aromatic carbocycles. The number of carbonyl (C=O) groups is 1. The van der Waals surface area contributed by atoms with Crippen LogP contribution in [0, 0.1) is 13.8 Å². The summed E-state index contributed by atoms with van der Waals surface area (Å²) < 4.78 is 26.1. The Labute approximate surface area is 166 Å². The van der Waals surface area contributed by atoms with Gasteiger partial charge in [0.05, 0.1) is 11.9 Å². The number of anilines is 1. The van der Waals surface area contributed by atoms with E-state index >= 15 is 0 Å². The Morgan fingerprint density at radius 2 is 1.81 bits per heavy atom. The van der Waals surface area contributed by atoms with Gasteiger partial charge in [-0.3, -0.25) is 9.10 Å². The Hall–Kier alpha value is -2.05. The van der Waals surface area contributed by atoms with Crippen molar-refractivity contribution in [2.75, 3.05) is 10.6 Å². The third-order valence-electron chi connectivity index (χ3n) is 4.45. The lowest BCUT2D eigenvalue weighted by atomic mass is 10.1. The molecule has 5 nitrogen and oxygen atoms in total. The first kappa shape index (κ1) is 21.3. The average Bonchev–Trinajstić information content (AvgIpc) is 2.60. The molecule has 1 atom stereocenters. The summed E-state index contributed by atoms with van der Waals surface area (Å²) in [6, 6.07) is 11.9. The molecular weight excluding hydrogens is 384 g/mol. The van der Waals surface area contributed by atoms with E-state index in [1.807, 2.05) is 38.1 Å². The fourth-order valence-electron chi connectivity index (χ4n) is 2.89. The van der Waals surface area contributed by atoms with Crippen LogP contribution in [-0.4, -0.2) is 26.6 Å². The van der Waals surface area contributed by atoms with Crippen LogP contribution in [-0.2, 0) is 21.4 Å². The van der Waals surface area contributed by atoms with Crippen molar-refractivity contribution in [3.63, 3.8) is 0 Å². The van der Waals surface area contributed by atoms with Gasteiger partial charge in [-0.1, -0.05) is 48.9 Å². The molecule has 0 fully saturated rings. The molecule has 0 aliphatic carbocycles. The first-order chi connectivity index (χ1) is 12.6. The van der Waals surface area contributed by atoms with E-state index in [1.165, 1.54) is 0 Å². The second kappa shape index (κ2) is 8.76. The summed E-state index contributed by atoms with van der Waals surface area (Å²) in [7, 11) is -3.68. The van der Waals surface area contributed by atoms with E-state index in [1.54, 1.807) is 25.1 Å². The Bertz CT molecular complexity index is 929. The lowest BCUT2D eigenvalue weighted by Crippen LogP contribution is -2.49. The minimum absolute atomic E-state index is 0.332. The van der Waals surface area contributed by atoms with Crippen LogP contribution in [0.5, 0.6) is 0 Å². The van der Waals surface area contributed by atoms with Gasteiger partial charge >= 0.3 is 0 Å². The van der Waals surface area contributed by atoms with Crippen LogP contribution in [0.1, 0.15) is 30.0 Å². The molecule has 7 heteroatoms. The van der Waals surface area contributed by atoms with Gasteiger partial charge in [-0.15, -0.1) is 0 Å². The molecule has 146 valence electrons. The highest BCUT2D eigenvalue weighted by Crippen LogP contribution is 2.27. The molecule has 0 saturated carbocycles. The van der Waals surface area contributed by atoms with Crippen LogP contribution < -0.4 is 9.62 Å². The molecule has 0 heterocycles. The zero-order valence-electron chi connectivity index (χ0n) is 16.0. The van der Waals surface area contributed by atoms with Crippen LogP contribution >= 0.6 is 11.6 Å². The van der Waals surface area contributed by atoms with Gasteiger partial charge in [0.15, 0.2) is 0 Å². The number of carbonyl (C=O) groups excluding carboxylic acids is 1. The fourth-order valence-corrected chi connectivity index (χ4v) is 4.27. The van der Waals surface area contributed by atoms with Crippen LogP contribution in [0.4, 0.5) is 5.69 Å². The first-order valence-electron chi connectivity index (χ1n) is 8.73. The number of sulfonamides is 1. The van der Waals surface area contributed by atoms with Crippen molar-refractivity contribution < 1.29 is 13.2 Å². The highest BCUT2D eigenvalue weighted by Gasteiger charge is 2.31. The van der Waals surface area contributed by atoms with Crippen molar-refractivity contribution in [2.45, 2.75) is 39.8 Å². The lowest BCUT2D eigenvalue weighted by Gasteiger charge is -2.30. The minimum Gasteiger partial charge on any atom is -0.350 e. The standard InChI is InChI=1S/C20H25ClN2O3S/c1-5-19(20(24)22-13-16-9-7-6-8-14(16)2)23(27(4,25)26)17-11-10-15(3)18(21)12-17/h6-12,19H,5,13H2,1-4H3,(H,22,24)/t19-/m0/s1. The number of amides is 1. The minimum atomic E-state index is -3.68. The van der Waals surface area contributed by atoms with Crippen LogP contribution in [0.15, 0.2) is 42.5 Å². The van der Waals surface area contributed by atoms with E-state index in [0.717, 1.165) is 27.3 Å². The highest BCUT2D eigenvalue weighted by atomic mass is 35.5. The summed E-state index contributed by atoms with van der Waals surface area (Å²) in [5.41, 5.74) is 3.28. The number of aryl methyl sites for hydroxylation is 2. The molecule has 27 heavy (non-hydrogen) atoms. The van der Waals surface area contributed by atoms with Gasteiger partial charge in [0, 0.05) is 11.6 Å². The third kappa shape index (κ3) is 5.23. The van der Waals surface area contributed by atoms with Crippen molar-refractivity contribution in [1.82, 2.24) is 5.32 Å². The summed E-state index contributed by atoms with van der Waals surface area (Å²) in [6.45, 7) is 5.93. The van der Waals surface area contributed by atoms with Gasteiger partial charge in [0.2, 0.25) is 15.9 Å². The molecule has 1 N–H and O–H groups in total. The smallest absolute Gasteiger partial charge is 0.244 e. The molecule has 0 aromatic heterocycles. The van der Waals surface area contributed by atoms with E-state index in [2.05, 4.69) is 5.32 Å². The monoisotopic (exact) mass is 408 g/mol. The first-order valence-corrected chi connectivity index (χ1v) is 11.0. The molecule has 0 spiro atoms. The molecule has 2 rings (SSSR count). The number of benzene rings is 2. The molecule has 0 radical (unpaired) electrons. The Morgan fingerprint density at radius 1 is 1.15 bits per heavy atom. The fraction of sp³-hybridized carbons (Fsp3) is 0.350. The SMILES string of the molecule is CC[C@@H](C(=O)NCc1ccccc1C)N(c1ccc(C)c(Cl)c1)S(C)(=O)=O. The molecular formula is C20H25ClN2O3S. The maximum Gasteiger partial charge on any atom is 0.244 e. The summed E-state index contributed by atoms with van der Waals surface area (Å²) in [5, 5.41) is 3.32. The topological polar surface area (TPSA) is 66.5 Å². The summed E-state index contributed by atoms with van der Waals surface area (Å²) in [6.07, 6.45) is 1.43. The zero-order chi connectivity index (χ0) is 20.2. The molecule has 0 unspecified atom stereocenters. The normalized spacial score (nSPS) is 12.5. The Kier molecular flexibility index (Phi) is 6.89. The maximum absolute atomic E-state index is 12.8. The Morgan fingerprint density at radius 3 is 2.37 bits per heavy atom. The van der Waals surface area contributed by atoms with Gasteiger partial charge in [-0.05, 0) is 49.1 Å². The number of nitrogens with zero attached hydrogens (tertiary/aromatic N) is 1.